The van der Waals surface area contributed by atoms with Crippen LogP contribution in [0.15, 0.2) is 67.0 Å². The molecule has 0 atom stereocenters. The molecule has 148 valence electrons. The Hall–Kier alpha value is -3.18. The van der Waals surface area contributed by atoms with Gasteiger partial charge in [-0.3, -0.25) is 9.78 Å². The monoisotopic (exact) mass is 408 g/mol. The van der Waals surface area contributed by atoms with Gasteiger partial charge in [0.1, 0.15) is 5.54 Å². The fourth-order valence-electron chi connectivity index (χ4n) is 2.99. The first-order chi connectivity index (χ1) is 13.8. The lowest BCUT2D eigenvalue weighted by Crippen LogP contribution is -2.50. The number of carbonyl (C=O) groups excluding carboxylic acids is 1. The average molecular weight is 409 g/mol. The Balaban J connectivity index is 1.91. The van der Waals surface area contributed by atoms with Crippen molar-refractivity contribution in [3.8, 4) is 22.3 Å². The van der Waals surface area contributed by atoms with Gasteiger partial charge >= 0.3 is 5.97 Å². The van der Waals surface area contributed by atoms with Gasteiger partial charge in [-0.15, -0.1) is 0 Å². The van der Waals surface area contributed by atoms with Gasteiger partial charge in [0.15, 0.2) is 0 Å². The number of amides is 1. The van der Waals surface area contributed by atoms with Gasteiger partial charge in [-0.1, -0.05) is 48.0 Å². The molecule has 3 rings (SSSR count). The first-order valence-corrected chi connectivity index (χ1v) is 9.48. The van der Waals surface area contributed by atoms with Crippen molar-refractivity contribution in [3.05, 3.63) is 77.6 Å². The van der Waals surface area contributed by atoms with Crippen molar-refractivity contribution >= 4 is 23.5 Å². The Kier molecular flexibility index (Phi) is 5.99. The molecule has 2 aromatic carbocycles. The number of carbonyl (C=O) groups is 2. The summed E-state index contributed by atoms with van der Waals surface area (Å²) in [6.45, 7) is 2.89. The number of nitrogens with one attached hydrogen (secondary N) is 1. The predicted molar refractivity (Wildman–Crippen MR) is 114 cm³/mol. The Morgan fingerprint density at radius 3 is 2.41 bits per heavy atom. The minimum atomic E-state index is -1.33. The lowest BCUT2D eigenvalue weighted by atomic mass is 9.94. The maximum Gasteiger partial charge on any atom is 0.328 e. The number of hydrogen-bond acceptors (Lipinski definition) is 3. The number of benzene rings is 2. The zero-order valence-electron chi connectivity index (χ0n) is 16.1. The summed E-state index contributed by atoms with van der Waals surface area (Å²) in [5.41, 5.74) is 3.14. The molecule has 1 amide bonds. The fourth-order valence-corrected chi connectivity index (χ4v) is 3.16. The van der Waals surface area contributed by atoms with Crippen LogP contribution in [0.2, 0.25) is 5.02 Å². The normalized spacial score (nSPS) is 11.1. The number of rotatable bonds is 6. The van der Waals surface area contributed by atoms with E-state index in [1.54, 1.807) is 12.4 Å². The maximum absolute atomic E-state index is 12.3. The van der Waals surface area contributed by atoms with E-state index in [0.717, 1.165) is 22.3 Å². The van der Waals surface area contributed by atoms with E-state index in [1.165, 1.54) is 13.8 Å². The molecule has 6 heteroatoms. The average Bonchev–Trinajstić information content (AvgIpc) is 2.68. The Bertz CT molecular complexity index is 1050. The molecule has 0 aliphatic rings. The Labute approximate surface area is 174 Å². The molecule has 0 aliphatic carbocycles. The van der Waals surface area contributed by atoms with Crippen LogP contribution < -0.4 is 5.32 Å². The van der Waals surface area contributed by atoms with Crippen LogP contribution in [-0.4, -0.2) is 27.5 Å². The number of aliphatic carboxylic acids is 1. The van der Waals surface area contributed by atoms with Crippen LogP contribution in [0.1, 0.15) is 19.4 Å². The van der Waals surface area contributed by atoms with Gasteiger partial charge in [-0.05, 0) is 54.3 Å². The molecule has 29 heavy (non-hydrogen) atoms. The van der Waals surface area contributed by atoms with Crippen molar-refractivity contribution in [1.29, 1.82) is 0 Å². The first-order valence-electron chi connectivity index (χ1n) is 9.10. The second-order valence-electron chi connectivity index (χ2n) is 7.29. The van der Waals surface area contributed by atoms with Gasteiger partial charge in [0.2, 0.25) is 5.91 Å². The van der Waals surface area contributed by atoms with E-state index < -0.39 is 11.5 Å². The molecular formula is C23H21ClN2O3. The van der Waals surface area contributed by atoms with Gasteiger partial charge in [-0.2, -0.15) is 0 Å². The summed E-state index contributed by atoms with van der Waals surface area (Å²) < 4.78 is 0. The number of carboxylic acids is 1. The first kappa shape index (κ1) is 20.6. The zero-order chi connectivity index (χ0) is 21.0. The van der Waals surface area contributed by atoms with E-state index in [4.69, 9.17) is 11.6 Å². The van der Waals surface area contributed by atoms with Crippen molar-refractivity contribution < 1.29 is 14.7 Å². The molecule has 0 saturated carbocycles. The molecule has 0 fully saturated rings. The van der Waals surface area contributed by atoms with Crippen LogP contribution in [0.25, 0.3) is 22.3 Å². The van der Waals surface area contributed by atoms with Crippen molar-refractivity contribution in [2.24, 2.45) is 0 Å². The maximum atomic E-state index is 12.3. The summed E-state index contributed by atoms with van der Waals surface area (Å²) in [6.07, 6.45) is 3.37. The van der Waals surface area contributed by atoms with Gasteiger partial charge in [0, 0.05) is 23.0 Å². The number of aromatic nitrogens is 1. The molecule has 2 N–H and O–H groups in total. The summed E-state index contributed by atoms with van der Waals surface area (Å²) in [7, 11) is 0. The number of carboxylic acid groups (broad SMARTS) is 1. The van der Waals surface area contributed by atoms with Crippen molar-refractivity contribution in [3.63, 3.8) is 0 Å². The van der Waals surface area contributed by atoms with Crippen LogP contribution in [0.5, 0.6) is 0 Å². The van der Waals surface area contributed by atoms with Crippen molar-refractivity contribution in [1.82, 2.24) is 10.3 Å². The topological polar surface area (TPSA) is 79.3 Å². The summed E-state index contributed by atoms with van der Waals surface area (Å²) in [4.78, 5) is 27.8. The number of hydrogen-bond donors (Lipinski definition) is 2. The standard InChI is InChI=1S/C23H21ClN2O3/c1-23(2,22(28)29)26-21(27)11-15-10-17(14-25-13-15)19-9-8-18(24)12-20(19)16-6-4-3-5-7-16/h3-10,12-14H,11H2,1-2H3,(H,26,27)(H,28,29). The largest absolute Gasteiger partial charge is 0.480 e. The van der Waals surface area contributed by atoms with Crippen LogP contribution in [0, 0.1) is 0 Å². The molecule has 5 nitrogen and oxygen atoms in total. The number of halogens is 1. The second-order valence-corrected chi connectivity index (χ2v) is 7.73. The van der Waals surface area contributed by atoms with Crippen LogP contribution in [-0.2, 0) is 16.0 Å². The lowest BCUT2D eigenvalue weighted by molar-refractivity contribution is -0.145. The third-order valence-corrected chi connectivity index (χ3v) is 4.76. The smallest absolute Gasteiger partial charge is 0.328 e. The highest BCUT2D eigenvalue weighted by Gasteiger charge is 2.28. The Morgan fingerprint density at radius 1 is 1.00 bits per heavy atom. The van der Waals surface area contributed by atoms with E-state index in [2.05, 4.69) is 10.3 Å². The summed E-state index contributed by atoms with van der Waals surface area (Å²) >= 11 is 6.22. The summed E-state index contributed by atoms with van der Waals surface area (Å²) in [6, 6.07) is 17.4. The lowest BCUT2D eigenvalue weighted by Gasteiger charge is -2.21. The predicted octanol–water partition coefficient (Wildman–Crippen LogP) is 4.59. The highest BCUT2D eigenvalue weighted by molar-refractivity contribution is 6.31. The Morgan fingerprint density at radius 2 is 1.72 bits per heavy atom. The molecule has 0 bridgehead atoms. The second kappa shape index (κ2) is 8.45. The quantitative estimate of drug-likeness (QED) is 0.625. The van der Waals surface area contributed by atoms with E-state index >= 15 is 0 Å². The summed E-state index contributed by atoms with van der Waals surface area (Å²) in [5, 5.41) is 12.3. The molecular weight excluding hydrogens is 388 g/mol. The minimum Gasteiger partial charge on any atom is -0.480 e. The van der Waals surface area contributed by atoms with Crippen molar-refractivity contribution in [2.45, 2.75) is 25.8 Å². The molecule has 1 heterocycles. The highest BCUT2D eigenvalue weighted by atomic mass is 35.5. The SMILES string of the molecule is CC(C)(NC(=O)Cc1cncc(-c2ccc(Cl)cc2-c2ccccc2)c1)C(=O)O. The van der Waals surface area contributed by atoms with E-state index in [0.29, 0.717) is 10.6 Å². The van der Waals surface area contributed by atoms with Crippen LogP contribution in [0.4, 0.5) is 0 Å². The van der Waals surface area contributed by atoms with Gasteiger partial charge in [0.25, 0.3) is 0 Å². The third kappa shape index (κ3) is 5.00. The van der Waals surface area contributed by atoms with E-state index in [9.17, 15) is 14.7 Å². The van der Waals surface area contributed by atoms with Gasteiger partial charge in [-0.25, -0.2) is 4.79 Å². The minimum absolute atomic E-state index is 0.0335. The molecule has 0 aliphatic heterocycles. The van der Waals surface area contributed by atoms with Crippen LogP contribution >= 0.6 is 11.6 Å². The van der Waals surface area contributed by atoms with Crippen molar-refractivity contribution in [2.75, 3.05) is 0 Å². The molecule has 0 unspecified atom stereocenters. The molecule has 0 saturated heterocycles. The fraction of sp³-hybridized carbons (Fsp3) is 0.174. The number of nitrogens with zero attached hydrogens (tertiary/aromatic N) is 1. The van der Waals surface area contributed by atoms with Crippen LogP contribution in [0.3, 0.4) is 0 Å². The van der Waals surface area contributed by atoms with Gasteiger partial charge in [0.05, 0.1) is 6.42 Å². The third-order valence-electron chi connectivity index (χ3n) is 4.52. The highest BCUT2D eigenvalue weighted by Crippen LogP contribution is 2.34. The molecule has 0 radical (unpaired) electrons. The van der Waals surface area contributed by atoms with E-state index in [1.807, 2.05) is 54.6 Å². The molecule has 3 aromatic rings. The van der Waals surface area contributed by atoms with E-state index in [-0.39, 0.29) is 12.3 Å². The zero-order valence-corrected chi connectivity index (χ0v) is 16.9. The van der Waals surface area contributed by atoms with Gasteiger partial charge < -0.3 is 10.4 Å². The molecule has 1 aromatic heterocycles. The molecule has 0 spiro atoms. The number of pyridine rings is 1. The summed E-state index contributed by atoms with van der Waals surface area (Å²) in [5.74, 6) is -1.47.